The molecule has 0 aliphatic heterocycles. The number of hydrogen-bond acceptors (Lipinski definition) is 1. The number of carbonyl (C=O) groups is 1. The Kier molecular flexibility index (Phi) is 4.88. The van der Waals surface area contributed by atoms with Crippen molar-refractivity contribution in [1.29, 1.82) is 0 Å². The molecule has 0 unspecified atom stereocenters. The molecular formula is C30H24O. The van der Waals surface area contributed by atoms with E-state index in [2.05, 4.69) is 98.8 Å². The van der Waals surface area contributed by atoms with Crippen molar-refractivity contribution in [2.75, 3.05) is 0 Å². The first-order chi connectivity index (χ1) is 15.2. The van der Waals surface area contributed by atoms with Crippen LogP contribution in [0.2, 0.25) is 0 Å². The third-order valence-corrected chi connectivity index (χ3v) is 6.32. The molecule has 1 heteroatoms. The van der Waals surface area contributed by atoms with Gasteiger partial charge in [0.05, 0.1) is 0 Å². The van der Waals surface area contributed by atoms with Gasteiger partial charge in [-0.15, -0.1) is 0 Å². The van der Waals surface area contributed by atoms with Crippen LogP contribution in [0.3, 0.4) is 0 Å². The van der Waals surface area contributed by atoms with Crippen LogP contribution in [0.4, 0.5) is 0 Å². The summed E-state index contributed by atoms with van der Waals surface area (Å²) in [5.74, 6) is 0.0814. The molecule has 0 spiro atoms. The highest BCUT2D eigenvalue weighted by Crippen LogP contribution is 2.46. The van der Waals surface area contributed by atoms with Gasteiger partial charge in [-0.1, -0.05) is 97.1 Å². The Bertz CT molecular complexity index is 1230. The van der Waals surface area contributed by atoms with E-state index in [0.717, 1.165) is 6.29 Å². The minimum Gasteiger partial charge on any atom is -0.298 e. The minimum atomic E-state index is 0.0814. The molecule has 0 saturated heterocycles. The van der Waals surface area contributed by atoms with Crippen molar-refractivity contribution < 1.29 is 4.79 Å². The number of aldehydes is 1. The zero-order chi connectivity index (χ0) is 21.4. The van der Waals surface area contributed by atoms with Crippen LogP contribution in [0.5, 0.6) is 0 Å². The molecule has 1 aromatic carbocycles. The second kappa shape index (κ2) is 7.85. The second-order valence-electron chi connectivity index (χ2n) is 8.26. The fraction of sp³-hybridized carbons (Fsp3) is 0.100. The number of hydrogen-bond donors (Lipinski definition) is 0. The second-order valence-corrected chi connectivity index (χ2v) is 8.26. The average molecular weight is 401 g/mol. The van der Waals surface area contributed by atoms with Gasteiger partial charge in [-0.25, -0.2) is 0 Å². The van der Waals surface area contributed by atoms with E-state index in [1.54, 1.807) is 0 Å². The van der Waals surface area contributed by atoms with Crippen LogP contribution >= 0.6 is 0 Å². The quantitative estimate of drug-likeness (QED) is 0.285. The number of fused-ring (bicyclic) bond motifs is 2. The molecule has 0 fully saturated rings. The van der Waals surface area contributed by atoms with E-state index < -0.39 is 0 Å². The summed E-state index contributed by atoms with van der Waals surface area (Å²) >= 11 is 0. The molecule has 0 radical (unpaired) electrons. The predicted molar refractivity (Wildman–Crippen MR) is 128 cm³/mol. The molecule has 31 heavy (non-hydrogen) atoms. The van der Waals surface area contributed by atoms with E-state index >= 15 is 0 Å². The van der Waals surface area contributed by atoms with Crippen molar-refractivity contribution in [3.8, 4) is 22.3 Å². The van der Waals surface area contributed by atoms with Crippen molar-refractivity contribution in [3.63, 3.8) is 0 Å². The molecule has 4 aliphatic rings. The third-order valence-electron chi connectivity index (χ3n) is 6.32. The summed E-state index contributed by atoms with van der Waals surface area (Å²) in [6.07, 6.45) is 0.906. The van der Waals surface area contributed by atoms with Gasteiger partial charge in [0.2, 0.25) is 0 Å². The maximum Gasteiger partial charge on any atom is 0.150 e. The summed E-state index contributed by atoms with van der Waals surface area (Å²) in [5.41, 5.74) is 12.2. The molecule has 0 saturated carbocycles. The Morgan fingerprint density at radius 2 is 1.03 bits per heavy atom. The van der Waals surface area contributed by atoms with E-state index in [9.17, 15) is 4.79 Å². The summed E-state index contributed by atoms with van der Waals surface area (Å²) < 4.78 is 0. The first-order valence-electron chi connectivity index (χ1n) is 10.7. The van der Waals surface area contributed by atoms with E-state index in [4.69, 9.17) is 0 Å². The van der Waals surface area contributed by atoms with Crippen molar-refractivity contribution >= 4 is 6.29 Å². The standard InChI is InChI=1S/C30H24O/c1-20-17-28(26-11-7-3-5-9-24(20)26)30(23-15-13-22(19-31)14-16-23)29-18-21(2)25-10-6-4-8-12-27(25)29/h3-19,30H,1-2H3. The molecule has 5 rings (SSSR count). The number of carbonyl (C=O) groups excluding carboxylic acids is 1. The Labute approximate surface area is 183 Å². The molecule has 0 amide bonds. The average Bonchev–Trinajstić information content (AvgIpc) is 3.06. The summed E-state index contributed by atoms with van der Waals surface area (Å²) in [6, 6.07) is 34.2. The number of aryl methyl sites for hydroxylation is 2. The minimum absolute atomic E-state index is 0.0814. The molecule has 4 aliphatic carbocycles. The first kappa shape index (κ1) is 19.3. The highest BCUT2D eigenvalue weighted by Gasteiger charge is 2.27. The lowest BCUT2D eigenvalue weighted by molar-refractivity contribution is 0.112. The van der Waals surface area contributed by atoms with Gasteiger partial charge in [-0.3, -0.25) is 4.79 Å². The summed E-state index contributed by atoms with van der Waals surface area (Å²) in [5, 5.41) is 0. The van der Waals surface area contributed by atoms with Gasteiger partial charge >= 0.3 is 0 Å². The zero-order valence-electron chi connectivity index (χ0n) is 17.8. The van der Waals surface area contributed by atoms with Crippen LogP contribution < -0.4 is 0 Å². The van der Waals surface area contributed by atoms with Crippen LogP contribution in [0.1, 0.15) is 44.1 Å². The maximum absolute atomic E-state index is 11.3. The van der Waals surface area contributed by atoms with Crippen molar-refractivity contribution in [2.45, 2.75) is 19.8 Å². The van der Waals surface area contributed by atoms with E-state index in [1.165, 1.54) is 50.1 Å². The molecule has 0 aromatic heterocycles. The molecule has 1 aromatic rings. The van der Waals surface area contributed by atoms with Gasteiger partial charge in [-0.05, 0) is 63.9 Å². The third kappa shape index (κ3) is 3.33. The Balaban J connectivity index is 1.80. The van der Waals surface area contributed by atoms with E-state index in [0.29, 0.717) is 5.56 Å². The fourth-order valence-electron chi connectivity index (χ4n) is 4.83. The Morgan fingerprint density at radius 3 is 1.48 bits per heavy atom. The van der Waals surface area contributed by atoms with Crippen LogP contribution in [0.15, 0.2) is 97.1 Å². The molecular weight excluding hydrogens is 376 g/mol. The summed E-state index contributed by atoms with van der Waals surface area (Å²) in [4.78, 5) is 11.3. The van der Waals surface area contributed by atoms with Crippen LogP contribution in [0.25, 0.3) is 22.3 Å². The van der Waals surface area contributed by atoms with Crippen molar-refractivity contribution in [1.82, 2.24) is 0 Å². The number of rotatable bonds is 4. The Hall–Kier alpha value is -3.71. The lowest BCUT2D eigenvalue weighted by Gasteiger charge is -2.20. The number of benzene rings is 1. The molecule has 1 nitrogen and oxygen atoms in total. The van der Waals surface area contributed by atoms with Crippen molar-refractivity contribution in [3.05, 3.63) is 130 Å². The highest BCUT2D eigenvalue weighted by atomic mass is 16.1. The molecule has 0 bridgehead atoms. The largest absolute Gasteiger partial charge is 0.298 e. The van der Waals surface area contributed by atoms with Gasteiger partial charge in [0.1, 0.15) is 6.29 Å². The first-order valence-corrected chi connectivity index (χ1v) is 10.7. The van der Waals surface area contributed by atoms with Gasteiger partial charge < -0.3 is 0 Å². The lowest BCUT2D eigenvalue weighted by Crippen LogP contribution is -2.03. The summed E-state index contributed by atoms with van der Waals surface area (Å²) in [7, 11) is 0. The highest BCUT2D eigenvalue weighted by molar-refractivity contribution is 5.81. The maximum atomic E-state index is 11.3. The van der Waals surface area contributed by atoms with Crippen LogP contribution in [-0.2, 0) is 0 Å². The zero-order valence-corrected chi connectivity index (χ0v) is 17.8. The van der Waals surface area contributed by atoms with Gasteiger partial charge in [0, 0.05) is 11.5 Å². The molecule has 0 heterocycles. The topological polar surface area (TPSA) is 17.1 Å². The fourth-order valence-corrected chi connectivity index (χ4v) is 4.83. The normalized spacial score (nSPS) is 11.3. The van der Waals surface area contributed by atoms with Crippen LogP contribution in [0, 0.1) is 13.8 Å². The van der Waals surface area contributed by atoms with Crippen molar-refractivity contribution in [2.24, 2.45) is 0 Å². The Morgan fingerprint density at radius 1 is 0.581 bits per heavy atom. The molecule has 0 N–H and O–H groups in total. The predicted octanol–water partition coefficient (Wildman–Crippen LogP) is 7.51. The van der Waals surface area contributed by atoms with E-state index in [1.807, 2.05) is 12.1 Å². The van der Waals surface area contributed by atoms with Gasteiger partial charge in [-0.2, -0.15) is 0 Å². The SMILES string of the molecule is Cc1cc(C(c2ccc(C=O)cc2)c2cc(C)c3cccccc2-3)c2cccccc1-2. The summed E-state index contributed by atoms with van der Waals surface area (Å²) in [6.45, 7) is 4.37. The molecule has 150 valence electrons. The van der Waals surface area contributed by atoms with Gasteiger partial charge in [0.25, 0.3) is 0 Å². The lowest BCUT2D eigenvalue weighted by atomic mass is 9.83. The van der Waals surface area contributed by atoms with E-state index in [-0.39, 0.29) is 5.92 Å². The van der Waals surface area contributed by atoms with Gasteiger partial charge in [0.15, 0.2) is 0 Å². The van der Waals surface area contributed by atoms with Crippen LogP contribution in [-0.4, -0.2) is 6.29 Å². The monoisotopic (exact) mass is 400 g/mol. The smallest absolute Gasteiger partial charge is 0.150 e. The molecule has 0 atom stereocenters.